The summed E-state index contributed by atoms with van der Waals surface area (Å²) in [5.41, 5.74) is 8.55. The maximum atomic E-state index is 12.9. The highest BCUT2D eigenvalue weighted by Gasteiger charge is 2.15. The zero-order chi connectivity index (χ0) is 21.1. The van der Waals surface area contributed by atoms with E-state index >= 15 is 0 Å². The van der Waals surface area contributed by atoms with Crippen molar-refractivity contribution in [3.05, 3.63) is 69.2 Å². The minimum atomic E-state index is -0.535. The van der Waals surface area contributed by atoms with Crippen LogP contribution in [0.25, 0.3) is 11.3 Å². The molecular weight excluding hydrogens is 438 g/mol. The highest BCUT2D eigenvalue weighted by Crippen LogP contribution is 2.29. The molecule has 0 saturated heterocycles. The molecule has 4 N–H and O–H groups in total. The van der Waals surface area contributed by atoms with E-state index in [-0.39, 0.29) is 5.91 Å². The zero-order valence-corrected chi connectivity index (χ0v) is 18.3. The molecule has 0 spiro atoms. The Bertz CT molecular complexity index is 1210. The van der Waals surface area contributed by atoms with Crippen LogP contribution < -0.4 is 11.1 Å². The standard InChI is InChI=1S/C20H17N5O2S3/c1-11-23-13(8-28-11)9-29-17-5-3-2-4-14(17)19(27)25-20-24-16(10-30-20)12-6-15(18(21)26)22-7-12/h2-8,10,22H,9H2,1H3,(H2,21,26)(H,24,25,27). The van der Waals surface area contributed by atoms with Crippen LogP contribution in [0.4, 0.5) is 5.13 Å². The predicted molar refractivity (Wildman–Crippen MR) is 121 cm³/mol. The number of primary amides is 1. The first-order chi connectivity index (χ1) is 14.5. The van der Waals surface area contributed by atoms with Crippen LogP contribution in [0.15, 0.2) is 52.2 Å². The Morgan fingerprint density at radius 2 is 2.03 bits per heavy atom. The van der Waals surface area contributed by atoms with Crippen molar-refractivity contribution in [1.82, 2.24) is 15.0 Å². The largest absolute Gasteiger partial charge is 0.364 e. The highest BCUT2D eigenvalue weighted by atomic mass is 32.2. The molecule has 0 aliphatic rings. The van der Waals surface area contributed by atoms with Crippen molar-refractivity contribution in [3.8, 4) is 11.3 Å². The third-order valence-electron chi connectivity index (χ3n) is 4.14. The van der Waals surface area contributed by atoms with Crippen LogP contribution in [-0.2, 0) is 5.75 Å². The van der Waals surface area contributed by atoms with Crippen molar-refractivity contribution in [2.24, 2.45) is 5.73 Å². The quantitative estimate of drug-likeness (QED) is 0.354. The molecule has 3 aromatic heterocycles. The van der Waals surface area contributed by atoms with Crippen LogP contribution in [0, 0.1) is 6.92 Å². The number of benzene rings is 1. The van der Waals surface area contributed by atoms with Crippen molar-refractivity contribution < 1.29 is 9.59 Å². The predicted octanol–water partition coefficient (Wildman–Crippen LogP) is 4.55. The molecule has 0 unspecified atom stereocenters. The normalized spacial score (nSPS) is 10.8. The summed E-state index contributed by atoms with van der Waals surface area (Å²) < 4.78 is 0. The molecule has 1 aromatic carbocycles. The lowest BCUT2D eigenvalue weighted by molar-refractivity contribution is 0.0993. The van der Waals surface area contributed by atoms with Gasteiger partial charge in [-0.2, -0.15) is 0 Å². The molecule has 0 bridgehead atoms. The van der Waals surface area contributed by atoms with E-state index in [1.54, 1.807) is 41.4 Å². The van der Waals surface area contributed by atoms with E-state index in [9.17, 15) is 9.59 Å². The minimum Gasteiger partial charge on any atom is -0.364 e. The molecule has 0 atom stereocenters. The summed E-state index contributed by atoms with van der Waals surface area (Å²) in [6.07, 6.45) is 1.66. The molecule has 4 rings (SSSR count). The number of rotatable bonds is 7. The molecule has 0 fully saturated rings. The Balaban J connectivity index is 1.46. The van der Waals surface area contributed by atoms with Crippen molar-refractivity contribution in [3.63, 3.8) is 0 Å². The molecule has 0 radical (unpaired) electrons. The minimum absolute atomic E-state index is 0.222. The second kappa shape index (κ2) is 8.82. The number of thioether (sulfide) groups is 1. The summed E-state index contributed by atoms with van der Waals surface area (Å²) in [6, 6.07) is 9.11. The third-order valence-corrected chi connectivity index (χ3v) is 6.83. The maximum absolute atomic E-state index is 12.9. The average Bonchev–Trinajstić information content (AvgIpc) is 3.47. The van der Waals surface area contributed by atoms with Gasteiger partial charge < -0.3 is 10.7 Å². The van der Waals surface area contributed by atoms with Crippen molar-refractivity contribution in [1.29, 1.82) is 0 Å². The number of aromatic nitrogens is 3. The number of carbonyl (C=O) groups is 2. The number of thiazole rings is 2. The van der Waals surface area contributed by atoms with E-state index in [4.69, 9.17) is 5.73 Å². The number of nitrogens with two attached hydrogens (primary N) is 1. The van der Waals surface area contributed by atoms with Gasteiger partial charge in [-0.05, 0) is 25.1 Å². The SMILES string of the molecule is Cc1nc(CSc2ccccc2C(=O)Nc2nc(-c3c[nH]c(C(N)=O)c3)cs2)cs1. The first kappa shape index (κ1) is 20.3. The van der Waals surface area contributed by atoms with E-state index in [1.807, 2.05) is 35.9 Å². The number of H-pyrrole nitrogens is 1. The Labute approximate surface area is 184 Å². The first-order valence-corrected chi connectivity index (χ1v) is 11.6. The number of nitrogens with one attached hydrogen (secondary N) is 2. The summed E-state index contributed by atoms with van der Waals surface area (Å²) in [5.74, 6) is -0.0570. The van der Waals surface area contributed by atoms with Gasteiger partial charge in [-0.3, -0.25) is 14.9 Å². The number of hydrogen-bond donors (Lipinski definition) is 3. The second-order valence-electron chi connectivity index (χ2n) is 6.30. The summed E-state index contributed by atoms with van der Waals surface area (Å²) >= 11 is 4.51. The zero-order valence-electron chi connectivity index (χ0n) is 15.8. The van der Waals surface area contributed by atoms with Crippen LogP contribution in [0.2, 0.25) is 0 Å². The number of nitrogens with zero attached hydrogens (tertiary/aromatic N) is 2. The Morgan fingerprint density at radius 1 is 1.20 bits per heavy atom. The molecule has 0 aliphatic carbocycles. The van der Waals surface area contributed by atoms with E-state index in [0.29, 0.717) is 27.8 Å². The molecular formula is C20H17N5O2S3. The Kier molecular flexibility index (Phi) is 5.98. The number of carbonyl (C=O) groups excluding carboxylic acids is 2. The van der Waals surface area contributed by atoms with Crippen LogP contribution in [0.5, 0.6) is 0 Å². The fourth-order valence-electron chi connectivity index (χ4n) is 2.72. The fourth-order valence-corrected chi connectivity index (χ4v) is 5.09. The van der Waals surface area contributed by atoms with E-state index in [2.05, 4.69) is 20.3 Å². The van der Waals surface area contributed by atoms with Crippen molar-refractivity contribution in [2.45, 2.75) is 17.6 Å². The number of anilines is 1. The molecule has 0 aliphatic heterocycles. The number of aryl methyl sites for hydroxylation is 1. The average molecular weight is 456 g/mol. The lowest BCUT2D eigenvalue weighted by atomic mass is 10.2. The summed E-state index contributed by atoms with van der Waals surface area (Å²) in [6.45, 7) is 1.98. The van der Waals surface area contributed by atoms with Crippen molar-refractivity contribution in [2.75, 3.05) is 5.32 Å². The fraction of sp³-hybridized carbons (Fsp3) is 0.100. The van der Waals surface area contributed by atoms with E-state index < -0.39 is 5.91 Å². The molecule has 10 heteroatoms. The van der Waals surface area contributed by atoms with Crippen LogP contribution in [-0.4, -0.2) is 26.8 Å². The summed E-state index contributed by atoms with van der Waals surface area (Å²) in [4.78, 5) is 36.7. The topological polar surface area (TPSA) is 114 Å². The number of amides is 2. The maximum Gasteiger partial charge on any atom is 0.265 e. The van der Waals surface area contributed by atoms with Gasteiger partial charge in [0.15, 0.2) is 5.13 Å². The van der Waals surface area contributed by atoms with Gasteiger partial charge in [-0.25, -0.2) is 9.97 Å². The summed E-state index contributed by atoms with van der Waals surface area (Å²) in [5, 5.41) is 8.22. The van der Waals surface area contributed by atoms with Gasteiger partial charge in [-0.15, -0.1) is 34.4 Å². The van der Waals surface area contributed by atoms with Gasteiger partial charge in [0.2, 0.25) is 0 Å². The molecule has 2 amide bonds. The van der Waals surface area contributed by atoms with Gasteiger partial charge in [0.25, 0.3) is 11.8 Å². The van der Waals surface area contributed by atoms with Gasteiger partial charge in [0, 0.05) is 33.2 Å². The molecule has 0 saturated carbocycles. The number of hydrogen-bond acceptors (Lipinski definition) is 7. The lowest BCUT2D eigenvalue weighted by Crippen LogP contribution is -2.12. The number of aromatic amines is 1. The molecule has 152 valence electrons. The molecule has 3 heterocycles. The molecule has 7 nitrogen and oxygen atoms in total. The smallest absolute Gasteiger partial charge is 0.265 e. The first-order valence-electron chi connectivity index (χ1n) is 8.88. The summed E-state index contributed by atoms with van der Waals surface area (Å²) in [7, 11) is 0. The van der Waals surface area contributed by atoms with Crippen LogP contribution in [0.3, 0.4) is 0 Å². The van der Waals surface area contributed by atoms with Gasteiger partial charge in [-0.1, -0.05) is 12.1 Å². The van der Waals surface area contributed by atoms with E-state index in [0.717, 1.165) is 21.2 Å². The Morgan fingerprint density at radius 3 is 2.77 bits per heavy atom. The third kappa shape index (κ3) is 4.61. The van der Waals surface area contributed by atoms with Crippen LogP contribution in [0.1, 0.15) is 31.5 Å². The monoisotopic (exact) mass is 455 g/mol. The van der Waals surface area contributed by atoms with Gasteiger partial charge >= 0.3 is 0 Å². The second-order valence-corrected chi connectivity index (χ2v) is 9.24. The highest BCUT2D eigenvalue weighted by molar-refractivity contribution is 7.98. The molecule has 4 aromatic rings. The lowest BCUT2D eigenvalue weighted by Gasteiger charge is -2.08. The van der Waals surface area contributed by atoms with Gasteiger partial charge in [0.05, 0.1) is 22.0 Å². The van der Waals surface area contributed by atoms with Crippen LogP contribution >= 0.6 is 34.4 Å². The molecule has 30 heavy (non-hydrogen) atoms. The van der Waals surface area contributed by atoms with Gasteiger partial charge in [0.1, 0.15) is 5.69 Å². The Hall–Kier alpha value is -2.95. The van der Waals surface area contributed by atoms with Crippen molar-refractivity contribution >= 4 is 51.4 Å². The van der Waals surface area contributed by atoms with E-state index in [1.165, 1.54) is 11.3 Å².